The van der Waals surface area contributed by atoms with Crippen LogP contribution in [0.4, 0.5) is 0 Å². The van der Waals surface area contributed by atoms with E-state index in [0.717, 1.165) is 39.3 Å². The van der Waals surface area contributed by atoms with Crippen molar-refractivity contribution in [3.05, 3.63) is 0 Å². The highest BCUT2D eigenvalue weighted by Crippen LogP contribution is 2.29. The van der Waals surface area contributed by atoms with E-state index in [4.69, 9.17) is 5.73 Å². The van der Waals surface area contributed by atoms with Gasteiger partial charge in [0.25, 0.3) is 0 Å². The van der Waals surface area contributed by atoms with E-state index in [2.05, 4.69) is 14.5 Å². The zero-order valence-electron chi connectivity index (χ0n) is 12.0. The van der Waals surface area contributed by atoms with Crippen molar-refractivity contribution in [1.82, 2.24) is 9.80 Å². The molecule has 0 aromatic heterocycles. The van der Waals surface area contributed by atoms with Gasteiger partial charge in [0.15, 0.2) is 0 Å². The van der Waals surface area contributed by atoms with Gasteiger partial charge in [0, 0.05) is 38.8 Å². The molecule has 0 radical (unpaired) electrons. The van der Waals surface area contributed by atoms with Gasteiger partial charge in [-0.25, -0.2) is 0 Å². The van der Waals surface area contributed by atoms with Gasteiger partial charge in [0.1, 0.15) is 0 Å². The highest BCUT2D eigenvalue weighted by Gasteiger charge is 2.32. The van der Waals surface area contributed by atoms with Crippen molar-refractivity contribution < 1.29 is 9.53 Å². The first-order valence-electron chi connectivity index (χ1n) is 7.48. The summed E-state index contributed by atoms with van der Waals surface area (Å²) < 4.78 is 4.68. The number of esters is 1. The van der Waals surface area contributed by atoms with Gasteiger partial charge < -0.3 is 15.4 Å². The first-order chi connectivity index (χ1) is 9.24. The Kier molecular flexibility index (Phi) is 5.60. The lowest BCUT2D eigenvalue weighted by Gasteiger charge is -2.39. The lowest BCUT2D eigenvalue weighted by molar-refractivity contribution is -0.141. The molecule has 1 aliphatic heterocycles. The van der Waals surface area contributed by atoms with Crippen LogP contribution in [0.3, 0.4) is 0 Å². The van der Waals surface area contributed by atoms with Crippen LogP contribution in [-0.2, 0) is 9.53 Å². The Morgan fingerprint density at radius 1 is 1.26 bits per heavy atom. The summed E-state index contributed by atoms with van der Waals surface area (Å²) in [5.41, 5.74) is 5.87. The van der Waals surface area contributed by atoms with Crippen molar-refractivity contribution in [1.29, 1.82) is 0 Å². The largest absolute Gasteiger partial charge is 0.469 e. The van der Waals surface area contributed by atoms with Crippen molar-refractivity contribution in [3.63, 3.8) is 0 Å². The average molecular weight is 269 g/mol. The molecule has 2 rings (SSSR count). The van der Waals surface area contributed by atoms with Gasteiger partial charge in [-0.15, -0.1) is 0 Å². The molecule has 110 valence electrons. The van der Waals surface area contributed by atoms with Crippen molar-refractivity contribution in [2.75, 3.05) is 46.4 Å². The zero-order chi connectivity index (χ0) is 13.7. The van der Waals surface area contributed by atoms with E-state index in [1.165, 1.54) is 26.4 Å². The van der Waals surface area contributed by atoms with Crippen LogP contribution in [0.15, 0.2) is 0 Å². The third-order valence-corrected chi connectivity index (χ3v) is 4.66. The number of nitrogens with two attached hydrogens (primary N) is 1. The Hall–Kier alpha value is -0.650. The van der Waals surface area contributed by atoms with E-state index in [0.29, 0.717) is 18.4 Å². The molecular formula is C14H27N3O2. The highest BCUT2D eigenvalue weighted by molar-refractivity contribution is 5.69. The monoisotopic (exact) mass is 269 g/mol. The van der Waals surface area contributed by atoms with E-state index in [-0.39, 0.29) is 5.97 Å². The summed E-state index contributed by atoms with van der Waals surface area (Å²) >= 11 is 0. The van der Waals surface area contributed by atoms with E-state index < -0.39 is 0 Å². The molecule has 2 fully saturated rings. The molecule has 2 atom stereocenters. The molecule has 2 aliphatic rings. The molecule has 0 bridgehead atoms. The molecule has 0 amide bonds. The summed E-state index contributed by atoms with van der Waals surface area (Å²) in [4.78, 5) is 16.1. The predicted octanol–water partition coefficient (Wildman–Crippen LogP) is 0.295. The number of hydrogen-bond donors (Lipinski definition) is 1. The van der Waals surface area contributed by atoms with Gasteiger partial charge in [-0.1, -0.05) is 6.42 Å². The van der Waals surface area contributed by atoms with E-state index in [1.54, 1.807) is 0 Å². The number of piperazine rings is 1. The SMILES string of the molecule is COC(=O)CCN1CCN(C2CCCC2CN)CC1. The minimum absolute atomic E-state index is 0.110. The zero-order valence-corrected chi connectivity index (χ0v) is 12.0. The molecular weight excluding hydrogens is 242 g/mol. The number of carbonyl (C=O) groups is 1. The molecule has 1 saturated carbocycles. The van der Waals surface area contributed by atoms with Gasteiger partial charge in [-0.2, -0.15) is 0 Å². The van der Waals surface area contributed by atoms with Crippen LogP contribution in [0.25, 0.3) is 0 Å². The Morgan fingerprint density at radius 3 is 2.63 bits per heavy atom. The molecule has 2 unspecified atom stereocenters. The summed E-state index contributed by atoms with van der Waals surface area (Å²) in [6.07, 6.45) is 4.44. The Bertz CT molecular complexity index is 290. The molecule has 5 nitrogen and oxygen atoms in total. The molecule has 19 heavy (non-hydrogen) atoms. The van der Waals surface area contributed by atoms with Gasteiger partial charge in [-0.05, 0) is 25.3 Å². The predicted molar refractivity (Wildman–Crippen MR) is 74.8 cm³/mol. The van der Waals surface area contributed by atoms with Crippen LogP contribution >= 0.6 is 0 Å². The second kappa shape index (κ2) is 7.22. The maximum Gasteiger partial charge on any atom is 0.306 e. The first-order valence-corrected chi connectivity index (χ1v) is 7.48. The number of rotatable bonds is 5. The molecule has 2 N–H and O–H groups in total. The maximum absolute atomic E-state index is 11.1. The van der Waals surface area contributed by atoms with E-state index in [1.807, 2.05) is 0 Å². The summed E-state index contributed by atoms with van der Waals surface area (Å²) in [6, 6.07) is 0.702. The number of methoxy groups -OCH3 is 1. The fourth-order valence-electron chi connectivity index (χ4n) is 3.44. The maximum atomic E-state index is 11.1. The van der Waals surface area contributed by atoms with Gasteiger partial charge in [0.2, 0.25) is 0 Å². The second-order valence-corrected chi connectivity index (χ2v) is 5.70. The lowest BCUT2D eigenvalue weighted by atomic mass is 10.0. The minimum atomic E-state index is -0.110. The minimum Gasteiger partial charge on any atom is -0.469 e. The van der Waals surface area contributed by atoms with E-state index >= 15 is 0 Å². The smallest absolute Gasteiger partial charge is 0.306 e. The standard InChI is InChI=1S/C14H27N3O2/c1-19-14(18)5-6-16-7-9-17(10-8-16)13-4-2-3-12(13)11-15/h12-13H,2-11,15H2,1H3. The van der Waals surface area contributed by atoms with Gasteiger partial charge in [-0.3, -0.25) is 9.69 Å². The normalized spacial score (nSPS) is 29.6. The average Bonchev–Trinajstić information content (AvgIpc) is 2.93. The van der Waals surface area contributed by atoms with Crippen molar-refractivity contribution in [2.24, 2.45) is 11.7 Å². The summed E-state index contributed by atoms with van der Waals surface area (Å²) in [5.74, 6) is 0.586. The lowest BCUT2D eigenvalue weighted by Crippen LogP contribution is -2.52. The van der Waals surface area contributed by atoms with Crippen LogP contribution in [0.1, 0.15) is 25.7 Å². The van der Waals surface area contributed by atoms with Crippen LogP contribution in [-0.4, -0.2) is 68.2 Å². The van der Waals surface area contributed by atoms with Crippen molar-refractivity contribution in [3.8, 4) is 0 Å². The van der Waals surface area contributed by atoms with Crippen LogP contribution < -0.4 is 5.73 Å². The number of nitrogens with zero attached hydrogens (tertiary/aromatic N) is 2. The Labute approximate surface area is 116 Å². The van der Waals surface area contributed by atoms with Gasteiger partial charge in [0.05, 0.1) is 13.5 Å². The molecule has 0 aromatic carbocycles. The Morgan fingerprint density at radius 2 is 2.00 bits per heavy atom. The molecule has 5 heteroatoms. The van der Waals surface area contributed by atoms with Crippen molar-refractivity contribution >= 4 is 5.97 Å². The molecule has 0 aromatic rings. The molecule has 1 heterocycles. The fraction of sp³-hybridized carbons (Fsp3) is 0.929. The first kappa shape index (κ1) is 14.8. The molecule has 1 saturated heterocycles. The number of ether oxygens (including phenoxy) is 1. The van der Waals surface area contributed by atoms with Crippen LogP contribution in [0, 0.1) is 5.92 Å². The Balaban J connectivity index is 1.71. The van der Waals surface area contributed by atoms with Crippen molar-refractivity contribution in [2.45, 2.75) is 31.7 Å². The fourth-order valence-corrected chi connectivity index (χ4v) is 3.44. The number of hydrogen-bond acceptors (Lipinski definition) is 5. The summed E-state index contributed by atoms with van der Waals surface area (Å²) in [7, 11) is 1.45. The topological polar surface area (TPSA) is 58.8 Å². The summed E-state index contributed by atoms with van der Waals surface area (Å²) in [6.45, 7) is 6.00. The quantitative estimate of drug-likeness (QED) is 0.727. The third-order valence-electron chi connectivity index (χ3n) is 4.66. The van der Waals surface area contributed by atoms with E-state index in [9.17, 15) is 4.79 Å². The number of carbonyl (C=O) groups excluding carboxylic acids is 1. The van der Waals surface area contributed by atoms with Crippen LogP contribution in [0.2, 0.25) is 0 Å². The second-order valence-electron chi connectivity index (χ2n) is 5.70. The third kappa shape index (κ3) is 3.91. The highest BCUT2D eigenvalue weighted by atomic mass is 16.5. The molecule has 0 spiro atoms. The van der Waals surface area contributed by atoms with Crippen LogP contribution in [0.5, 0.6) is 0 Å². The summed E-state index contributed by atoms with van der Waals surface area (Å²) in [5, 5.41) is 0. The van der Waals surface area contributed by atoms with Gasteiger partial charge >= 0.3 is 5.97 Å². The molecule has 1 aliphatic carbocycles.